The molecule has 0 aliphatic carbocycles. The number of fused-ring (bicyclic) bond motifs is 1. The molecule has 102 valence electrons. The van der Waals surface area contributed by atoms with E-state index in [9.17, 15) is 0 Å². The second-order valence-electron chi connectivity index (χ2n) is 4.53. The van der Waals surface area contributed by atoms with Crippen LogP contribution in [-0.2, 0) is 6.42 Å². The van der Waals surface area contributed by atoms with Crippen molar-refractivity contribution in [1.29, 1.82) is 0 Å². The van der Waals surface area contributed by atoms with Gasteiger partial charge in [-0.2, -0.15) is 4.98 Å². The third-order valence-electron chi connectivity index (χ3n) is 3.21. The fraction of sp³-hybridized carbons (Fsp3) is 0.267. The molecule has 3 rings (SSSR count). The average molecular weight is 269 g/mol. The van der Waals surface area contributed by atoms with Crippen molar-refractivity contribution in [3.05, 3.63) is 35.9 Å². The number of aryl methyl sites for hydroxylation is 2. The first-order valence-electron chi connectivity index (χ1n) is 6.49. The van der Waals surface area contributed by atoms with Gasteiger partial charge in [0, 0.05) is 18.0 Å². The van der Waals surface area contributed by atoms with Crippen LogP contribution in [0.1, 0.15) is 18.5 Å². The highest BCUT2D eigenvalue weighted by atomic mass is 16.5. The summed E-state index contributed by atoms with van der Waals surface area (Å²) in [5.41, 5.74) is 1.74. The molecule has 20 heavy (non-hydrogen) atoms. The van der Waals surface area contributed by atoms with Gasteiger partial charge in [-0.05, 0) is 36.1 Å². The van der Waals surface area contributed by atoms with Crippen LogP contribution in [0, 0.1) is 6.92 Å². The van der Waals surface area contributed by atoms with Crippen molar-refractivity contribution in [3.8, 4) is 17.3 Å². The van der Waals surface area contributed by atoms with Gasteiger partial charge in [-0.3, -0.25) is 0 Å². The molecule has 0 unspecified atom stereocenters. The molecule has 3 aromatic rings. The lowest BCUT2D eigenvalue weighted by atomic mass is 10.1. The molecule has 0 saturated heterocycles. The van der Waals surface area contributed by atoms with Gasteiger partial charge in [0.1, 0.15) is 11.4 Å². The second kappa shape index (κ2) is 4.92. The highest BCUT2D eigenvalue weighted by Gasteiger charge is 2.11. The topological polar surface area (TPSA) is 61.0 Å². The molecule has 5 nitrogen and oxygen atoms in total. The molecule has 0 N–H and O–H groups in total. The zero-order valence-electron chi connectivity index (χ0n) is 11.7. The maximum atomic E-state index is 5.28. The van der Waals surface area contributed by atoms with Gasteiger partial charge in [0.25, 0.3) is 0 Å². The minimum atomic E-state index is 0.516. The van der Waals surface area contributed by atoms with Crippen molar-refractivity contribution in [3.63, 3.8) is 0 Å². The predicted octanol–water partition coefficient (Wildman–Crippen LogP) is 3.16. The molecular formula is C15H15N3O2. The van der Waals surface area contributed by atoms with E-state index in [0.29, 0.717) is 11.7 Å². The zero-order chi connectivity index (χ0) is 14.1. The Morgan fingerprint density at radius 2 is 2.05 bits per heavy atom. The van der Waals surface area contributed by atoms with E-state index < -0.39 is 0 Å². The number of aromatic nitrogens is 3. The zero-order valence-corrected chi connectivity index (χ0v) is 11.7. The first-order chi connectivity index (χ1) is 9.71. The summed E-state index contributed by atoms with van der Waals surface area (Å²) in [6.45, 7) is 3.85. The largest absolute Gasteiger partial charge is 0.497 e. The maximum Gasteiger partial charge on any atom is 0.223 e. The number of hydrogen-bond acceptors (Lipinski definition) is 5. The Morgan fingerprint density at radius 1 is 1.20 bits per heavy atom. The van der Waals surface area contributed by atoms with Crippen LogP contribution in [0.15, 0.2) is 28.8 Å². The molecule has 2 aromatic heterocycles. The van der Waals surface area contributed by atoms with Crippen molar-refractivity contribution in [1.82, 2.24) is 15.1 Å². The van der Waals surface area contributed by atoms with Crippen LogP contribution < -0.4 is 4.74 Å². The summed E-state index contributed by atoms with van der Waals surface area (Å²) in [6, 6.07) is 7.93. The van der Waals surface area contributed by atoms with Gasteiger partial charge in [0.05, 0.1) is 7.11 Å². The van der Waals surface area contributed by atoms with Crippen LogP contribution in [0.4, 0.5) is 0 Å². The molecular weight excluding hydrogens is 254 g/mol. The second-order valence-corrected chi connectivity index (χ2v) is 4.53. The number of ether oxygens (including phenoxy) is 1. The van der Waals surface area contributed by atoms with Gasteiger partial charge in [-0.1, -0.05) is 12.1 Å². The number of nitrogens with zero attached hydrogens (tertiary/aromatic N) is 3. The molecule has 0 radical (unpaired) electrons. The van der Waals surface area contributed by atoms with E-state index in [1.165, 1.54) is 0 Å². The molecule has 0 amide bonds. The monoisotopic (exact) mass is 269 g/mol. The van der Waals surface area contributed by atoms with E-state index in [4.69, 9.17) is 9.26 Å². The molecule has 0 atom stereocenters. The predicted molar refractivity (Wildman–Crippen MR) is 75.7 cm³/mol. The van der Waals surface area contributed by atoms with E-state index in [2.05, 4.69) is 22.0 Å². The minimum absolute atomic E-state index is 0.516. The van der Waals surface area contributed by atoms with Gasteiger partial charge < -0.3 is 9.26 Å². The number of pyridine rings is 1. The molecule has 0 aliphatic heterocycles. The Labute approximate surface area is 116 Å². The number of rotatable bonds is 3. The van der Waals surface area contributed by atoms with E-state index in [-0.39, 0.29) is 0 Å². The molecule has 0 bridgehead atoms. The standard InChI is InChI=1S/C15H15N3O2/c1-4-13-12-6-5-11(19-3)7-10(12)8-14(17-13)15-16-9(2)20-18-15/h5-8H,4H2,1-3H3. The molecule has 5 heteroatoms. The van der Waals surface area contributed by atoms with Crippen LogP contribution in [0.5, 0.6) is 5.75 Å². The lowest BCUT2D eigenvalue weighted by molar-refractivity contribution is 0.394. The van der Waals surface area contributed by atoms with Crippen LogP contribution in [0.2, 0.25) is 0 Å². The summed E-state index contributed by atoms with van der Waals surface area (Å²) < 4.78 is 10.3. The molecule has 0 spiro atoms. The van der Waals surface area contributed by atoms with Crippen molar-refractivity contribution in [2.45, 2.75) is 20.3 Å². The van der Waals surface area contributed by atoms with E-state index in [0.717, 1.165) is 34.3 Å². The lowest BCUT2D eigenvalue weighted by Gasteiger charge is -2.07. The molecule has 0 saturated carbocycles. The van der Waals surface area contributed by atoms with Crippen molar-refractivity contribution < 1.29 is 9.26 Å². The summed E-state index contributed by atoms with van der Waals surface area (Å²) >= 11 is 0. The van der Waals surface area contributed by atoms with Crippen LogP contribution in [0.3, 0.4) is 0 Å². The first-order valence-corrected chi connectivity index (χ1v) is 6.49. The fourth-order valence-corrected chi connectivity index (χ4v) is 2.22. The van der Waals surface area contributed by atoms with Gasteiger partial charge in [0.2, 0.25) is 11.7 Å². The Bertz CT molecular complexity index is 765. The van der Waals surface area contributed by atoms with Gasteiger partial charge in [-0.15, -0.1) is 0 Å². The SMILES string of the molecule is CCc1nc(-c2noc(C)n2)cc2cc(OC)ccc12. The van der Waals surface area contributed by atoms with Gasteiger partial charge >= 0.3 is 0 Å². The molecule has 1 aromatic carbocycles. The first kappa shape index (κ1) is 12.6. The number of hydrogen-bond donors (Lipinski definition) is 0. The highest BCUT2D eigenvalue weighted by Crippen LogP contribution is 2.27. The van der Waals surface area contributed by atoms with Crippen molar-refractivity contribution in [2.24, 2.45) is 0 Å². The average Bonchev–Trinajstić information content (AvgIpc) is 2.92. The molecule has 0 fully saturated rings. The third-order valence-corrected chi connectivity index (χ3v) is 3.21. The fourth-order valence-electron chi connectivity index (χ4n) is 2.22. The van der Waals surface area contributed by atoms with Crippen LogP contribution in [0.25, 0.3) is 22.3 Å². The maximum absolute atomic E-state index is 5.28. The number of benzene rings is 1. The van der Waals surface area contributed by atoms with Crippen LogP contribution >= 0.6 is 0 Å². The van der Waals surface area contributed by atoms with E-state index in [1.54, 1.807) is 14.0 Å². The Hall–Kier alpha value is -2.43. The summed E-state index contributed by atoms with van der Waals surface area (Å²) in [6.07, 6.45) is 0.841. The van der Waals surface area contributed by atoms with Crippen molar-refractivity contribution in [2.75, 3.05) is 7.11 Å². The van der Waals surface area contributed by atoms with E-state index >= 15 is 0 Å². The normalized spacial score (nSPS) is 10.9. The minimum Gasteiger partial charge on any atom is -0.497 e. The van der Waals surface area contributed by atoms with Crippen molar-refractivity contribution >= 4 is 10.8 Å². The summed E-state index contributed by atoms with van der Waals surface area (Å²) in [7, 11) is 1.66. The van der Waals surface area contributed by atoms with Gasteiger partial charge in [0.15, 0.2) is 0 Å². The quantitative estimate of drug-likeness (QED) is 0.730. The number of methoxy groups -OCH3 is 1. The third kappa shape index (κ3) is 2.11. The van der Waals surface area contributed by atoms with E-state index in [1.807, 2.05) is 24.3 Å². The molecule has 2 heterocycles. The summed E-state index contributed by atoms with van der Waals surface area (Å²) in [5, 5.41) is 6.12. The van der Waals surface area contributed by atoms with Gasteiger partial charge in [-0.25, -0.2) is 4.98 Å². The summed E-state index contributed by atoms with van der Waals surface area (Å²) in [4.78, 5) is 8.87. The Kier molecular flexibility index (Phi) is 3.10. The Balaban J connectivity index is 2.23. The highest BCUT2D eigenvalue weighted by molar-refractivity contribution is 5.88. The lowest BCUT2D eigenvalue weighted by Crippen LogP contribution is -1.95. The smallest absolute Gasteiger partial charge is 0.223 e. The summed E-state index contributed by atoms with van der Waals surface area (Å²) in [5.74, 6) is 1.87. The Morgan fingerprint density at radius 3 is 2.70 bits per heavy atom. The molecule has 0 aliphatic rings. The van der Waals surface area contributed by atoms with Crippen LogP contribution in [-0.4, -0.2) is 22.2 Å².